The third kappa shape index (κ3) is 5.80. The fourth-order valence-electron chi connectivity index (χ4n) is 3.43. The van der Waals surface area contributed by atoms with Crippen molar-refractivity contribution in [1.82, 2.24) is 25.4 Å². The summed E-state index contributed by atoms with van der Waals surface area (Å²) < 4.78 is 7.67. The van der Waals surface area contributed by atoms with Crippen LogP contribution < -0.4 is 10.6 Å². The zero-order chi connectivity index (χ0) is 16.8. The molecule has 0 aliphatic carbocycles. The molecule has 1 saturated heterocycles. The Labute approximate surface area is 167 Å². The molecule has 2 aliphatic rings. The Balaban J connectivity index is 0.00000225. The average Bonchev–Trinajstić information content (AvgIpc) is 2.99. The van der Waals surface area contributed by atoms with Gasteiger partial charge in [-0.2, -0.15) is 0 Å². The van der Waals surface area contributed by atoms with Crippen molar-refractivity contribution < 1.29 is 4.74 Å². The summed E-state index contributed by atoms with van der Waals surface area (Å²) in [6, 6.07) is 0. The molecule has 1 atom stereocenters. The van der Waals surface area contributed by atoms with Crippen LogP contribution >= 0.6 is 24.0 Å². The molecule has 2 N–H and O–H groups in total. The summed E-state index contributed by atoms with van der Waals surface area (Å²) in [5, 5.41) is 15.3. The van der Waals surface area contributed by atoms with Crippen molar-refractivity contribution in [1.29, 1.82) is 0 Å². The quantitative estimate of drug-likeness (QED) is 0.396. The first-order valence-electron chi connectivity index (χ1n) is 9.25. The molecule has 1 aromatic heterocycles. The zero-order valence-electron chi connectivity index (χ0n) is 15.3. The van der Waals surface area contributed by atoms with Crippen LogP contribution in [0.4, 0.5) is 0 Å². The molecule has 0 saturated carbocycles. The first-order valence-corrected chi connectivity index (χ1v) is 9.25. The van der Waals surface area contributed by atoms with Crippen molar-refractivity contribution in [2.24, 2.45) is 16.8 Å². The molecule has 142 valence electrons. The summed E-state index contributed by atoms with van der Waals surface area (Å²) in [7, 11) is 0. The minimum absolute atomic E-state index is 0. The molecule has 0 amide bonds. The maximum Gasteiger partial charge on any atom is 0.191 e. The maximum atomic E-state index is 5.43. The number of fused-ring (bicyclic) bond motifs is 1. The molecule has 3 rings (SSSR count). The van der Waals surface area contributed by atoms with E-state index < -0.39 is 0 Å². The van der Waals surface area contributed by atoms with Crippen LogP contribution in [0.2, 0.25) is 0 Å². The number of aliphatic imine (C=N–C) groups is 1. The number of aryl methyl sites for hydroxylation is 2. The molecule has 3 heterocycles. The number of halogens is 1. The van der Waals surface area contributed by atoms with Crippen molar-refractivity contribution >= 4 is 29.9 Å². The molecule has 0 aromatic carbocycles. The van der Waals surface area contributed by atoms with Crippen molar-refractivity contribution in [2.75, 3.05) is 32.8 Å². The Morgan fingerprint density at radius 2 is 2.00 bits per heavy atom. The highest BCUT2D eigenvalue weighted by atomic mass is 127. The molecule has 2 aliphatic heterocycles. The van der Waals surface area contributed by atoms with Crippen molar-refractivity contribution in [3.8, 4) is 0 Å². The van der Waals surface area contributed by atoms with Gasteiger partial charge in [-0.25, -0.2) is 0 Å². The van der Waals surface area contributed by atoms with E-state index in [9.17, 15) is 0 Å². The summed E-state index contributed by atoms with van der Waals surface area (Å²) in [6.07, 6.45) is 4.43. The van der Waals surface area contributed by atoms with E-state index in [-0.39, 0.29) is 24.0 Å². The number of nitrogens with zero attached hydrogens (tertiary/aromatic N) is 4. The molecule has 7 nitrogen and oxygen atoms in total. The van der Waals surface area contributed by atoms with E-state index in [4.69, 9.17) is 9.73 Å². The van der Waals surface area contributed by atoms with E-state index in [2.05, 4.69) is 32.3 Å². The van der Waals surface area contributed by atoms with Gasteiger partial charge in [-0.15, -0.1) is 34.2 Å². The predicted molar refractivity (Wildman–Crippen MR) is 110 cm³/mol. The third-order valence-electron chi connectivity index (χ3n) is 4.98. The lowest BCUT2D eigenvalue weighted by atomic mass is 9.99. The molecule has 8 heteroatoms. The van der Waals surface area contributed by atoms with Gasteiger partial charge in [0.15, 0.2) is 5.96 Å². The van der Waals surface area contributed by atoms with E-state index >= 15 is 0 Å². The molecule has 1 fully saturated rings. The van der Waals surface area contributed by atoms with Crippen LogP contribution in [0.25, 0.3) is 0 Å². The Morgan fingerprint density at radius 3 is 2.76 bits per heavy atom. The Hall–Kier alpha value is -0.900. The minimum atomic E-state index is 0. The average molecular weight is 462 g/mol. The minimum Gasteiger partial charge on any atom is -0.381 e. The van der Waals surface area contributed by atoms with E-state index in [0.29, 0.717) is 11.8 Å². The van der Waals surface area contributed by atoms with Gasteiger partial charge in [-0.1, -0.05) is 0 Å². The Morgan fingerprint density at radius 1 is 1.20 bits per heavy atom. The van der Waals surface area contributed by atoms with Gasteiger partial charge in [0.05, 0.1) is 0 Å². The molecular weight excluding hydrogens is 431 g/mol. The number of aromatic nitrogens is 3. The number of guanidine groups is 1. The monoisotopic (exact) mass is 462 g/mol. The van der Waals surface area contributed by atoms with Crippen LogP contribution in [-0.2, 0) is 17.7 Å². The van der Waals surface area contributed by atoms with Gasteiger partial charge >= 0.3 is 0 Å². The van der Waals surface area contributed by atoms with E-state index in [1.54, 1.807) is 0 Å². The summed E-state index contributed by atoms with van der Waals surface area (Å²) in [4.78, 5) is 4.82. The standard InChI is InChI=1S/C17H30N6O.HI/c1-3-18-17(19-10-14-6-8-24-9-7-14)20-11-15-4-5-16-22-21-13(2)23(16)12-15;/h14-15H,3-12H2,1-2H3,(H2,18,19,20);1H. The first kappa shape index (κ1) is 20.4. The summed E-state index contributed by atoms with van der Waals surface area (Å²) in [5.74, 6) is 4.33. The fraction of sp³-hybridized carbons (Fsp3) is 0.824. The van der Waals surface area contributed by atoms with E-state index in [0.717, 1.165) is 82.7 Å². The lowest BCUT2D eigenvalue weighted by molar-refractivity contribution is 0.0675. The lowest BCUT2D eigenvalue weighted by Gasteiger charge is -2.24. The SMILES string of the molecule is CCNC(=NCC1CCc2nnc(C)n2C1)NCC1CCOCC1.I. The summed E-state index contributed by atoms with van der Waals surface area (Å²) in [5.41, 5.74) is 0. The third-order valence-corrected chi connectivity index (χ3v) is 4.98. The van der Waals surface area contributed by atoms with Gasteiger partial charge in [0.2, 0.25) is 0 Å². The van der Waals surface area contributed by atoms with Crippen LogP contribution in [-0.4, -0.2) is 53.6 Å². The van der Waals surface area contributed by atoms with E-state index in [1.165, 1.54) is 0 Å². The second-order valence-electron chi connectivity index (χ2n) is 6.84. The second-order valence-corrected chi connectivity index (χ2v) is 6.84. The first-order chi connectivity index (χ1) is 11.8. The Kier molecular flexibility index (Phi) is 8.41. The largest absolute Gasteiger partial charge is 0.381 e. The van der Waals surface area contributed by atoms with Gasteiger partial charge in [-0.3, -0.25) is 4.99 Å². The van der Waals surface area contributed by atoms with Gasteiger partial charge in [0.1, 0.15) is 11.6 Å². The van der Waals surface area contributed by atoms with Crippen molar-refractivity contribution in [2.45, 2.75) is 46.1 Å². The number of nitrogens with one attached hydrogen (secondary N) is 2. The lowest BCUT2D eigenvalue weighted by Crippen LogP contribution is -2.41. The molecule has 0 spiro atoms. The molecule has 0 bridgehead atoms. The number of rotatable bonds is 5. The van der Waals surface area contributed by atoms with E-state index in [1.807, 2.05) is 6.92 Å². The molecule has 1 unspecified atom stereocenters. The van der Waals surface area contributed by atoms with Crippen LogP contribution in [0, 0.1) is 18.8 Å². The molecular formula is C17H31IN6O. The molecule has 25 heavy (non-hydrogen) atoms. The summed E-state index contributed by atoms with van der Waals surface area (Å²) >= 11 is 0. The number of hydrogen-bond donors (Lipinski definition) is 2. The van der Waals surface area contributed by atoms with Crippen molar-refractivity contribution in [3.05, 3.63) is 11.6 Å². The number of hydrogen-bond acceptors (Lipinski definition) is 4. The molecule has 0 radical (unpaired) electrons. The maximum absolute atomic E-state index is 5.43. The predicted octanol–water partition coefficient (Wildman–Crippen LogP) is 1.75. The van der Waals surface area contributed by atoms with Crippen LogP contribution in [0.15, 0.2) is 4.99 Å². The zero-order valence-corrected chi connectivity index (χ0v) is 17.7. The summed E-state index contributed by atoms with van der Waals surface area (Å²) in [6.45, 7) is 9.62. The normalized spacial score (nSPS) is 21.4. The van der Waals surface area contributed by atoms with Gasteiger partial charge in [-0.05, 0) is 44.9 Å². The highest BCUT2D eigenvalue weighted by molar-refractivity contribution is 14.0. The molecule has 1 aromatic rings. The smallest absolute Gasteiger partial charge is 0.191 e. The van der Waals surface area contributed by atoms with Gasteiger partial charge < -0.3 is 19.9 Å². The van der Waals surface area contributed by atoms with Gasteiger partial charge in [0, 0.05) is 45.8 Å². The number of ether oxygens (including phenoxy) is 1. The van der Waals surface area contributed by atoms with Crippen molar-refractivity contribution in [3.63, 3.8) is 0 Å². The fourth-order valence-corrected chi connectivity index (χ4v) is 3.43. The second kappa shape index (κ2) is 10.3. The Bertz CT molecular complexity index is 555. The van der Waals surface area contributed by atoms with Crippen LogP contribution in [0.3, 0.4) is 0 Å². The van der Waals surface area contributed by atoms with Crippen LogP contribution in [0.5, 0.6) is 0 Å². The topological polar surface area (TPSA) is 76.4 Å². The highest BCUT2D eigenvalue weighted by Gasteiger charge is 2.21. The highest BCUT2D eigenvalue weighted by Crippen LogP contribution is 2.20. The van der Waals surface area contributed by atoms with Crippen LogP contribution in [0.1, 0.15) is 37.8 Å². The van der Waals surface area contributed by atoms with Gasteiger partial charge in [0.25, 0.3) is 0 Å².